The van der Waals surface area contributed by atoms with E-state index in [-0.39, 0.29) is 12.5 Å². The summed E-state index contributed by atoms with van der Waals surface area (Å²) in [6.07, 6.45) is 5.73. The highest BCUT2D eigenvalue weighted by atomic mass is 32.2. The topological polar surface area (TPSA) is 87.4 Å². The standard InChI is InChI=1S/C17H19N3O3S/c21-8-1-7-20-15-4-2-12(3-5-16(22)19-23)10-14(15)18-17(20)13-6-9-24-11-13/h2-6,9-10,13,21,23H,1,7-8,11H2,(H,19,22)/b5-3+. The first-order chi connectivity index (χ1) is 11.7. The van der Waals surface area contributed by atoms with Gasteiger partial charge in [0.1, 0.15) is 5.82 Å². The van der Waals surface area contributed by atoms with Crippen LogP contribution in [0.15, 0.2) is 35.8 Å². The second kappa shape index (κ2) is 7.65. The molecule has 1 aromatic heterocycles. The molecule has 24 heavy (non-hydrogen) atoms. The van der Waals surface area contributed by atoms with Crippen molar-refractivity contribution < 1.29 is 15.1 Å². The molecule has 0 bridgehead atoms. The van der Waals surface area contributed by atoms with Gasteiger partial charge in [0.25, 0.3) is 5.91 Å². The molecule has 2 heterocycles. The molecule has 0 saturated heterocycles. The van der Waals surface area contributed by atoms with E-state index in [1.165, 1.54) is 6.08 Å². The van der Waals surface area contributed by atoms with E-state index in [1.807, 2.05) is 18.2 Å². The predicted octanol–water partition coefficient (Wildman–Crippen LogP) is 2.28. The smallest absolute Gasteiger partial charge is 0.267 e. The second-order valence-corrected chi connectivity index (χ2v) is 6.46. The number of hydrogen-bond acceptors (Lipinski definition) is 5. The number of aliphatic hydroxyl groups excluding tert-OH is 1. The fourth-order valence-electron chi connectivity index (χ4n) is 2.75. The van der Waals surface area contributed by atoms with Crippen molar-refractivity contribution in [3.8, 4) is 0 Å². The number of hydroxylamine groups is 1. The first-order valence-electron chi connectivity index (χ1n) is 7.74. The van der Waals surface area contributed by atoms with Crippen LogP contribution in [0.3, 0.4) is 0 Å². The molecule has 0 spiro atoms. The Morgan fingerprint density at radius 1 is 1.50 bits per heavy atom. The molecule has 1 atom stereocenters. The number of aliphatic hydroxyl groups is 1. The molecule has 0 saturated carbocycles. The maximum Gasteiger partial charge on any atom is 0.267 e. The zero-order chi connectivity index (χ0) is 16.9. The van der Waals surface area contributed by atoms with Crippen molar-refractivity contribution in [1.82, 2.24) is 15.0 Å². The van der Waals surface area contributed by atoms with Crippen molar-refractivity contribution >= 4 is 34.8 Å². The molecule has 2 aromatic rings. The van der Waals surface area contributed by atoms with Gasteiger partial charge in [-0.1, -0.05) is 12.1 Å². The number of fused-ring (bicyclic) bond motifs is 1. The van der Waals surface area contributed by atoms with Gasteiger partial charge in [-0.05, 0) is 35.6 Å². The average molecular weight is 345 g/mol. The van der Waals surface area contributed by atoms with Crippen LogP contribution >= 0.6 is 11.8 Å². The van der Waals surface area contributed by atoms with Gasteiger partial charge < -0.3 is 9.67 Å². The lowest BCUT2D eigenvalue weighted by Crippen LogP contribution is -2.14. The fraction of sp³-hybridized carbons (Fsp3) is 0.294. The Hall–Kier alpha value is -2.09. The molecule has 0 aliphatic carbocycles. The predicted molar refractivity (Wildman–Crippen MR) is 94.7 cm³/mol. The Balaban J connectivity index is 1.98. The van der Waals surface area contributed by atoms with E-state index in [0.29, 0.717) is 6.42 Å². The quantitative estimate of drug-likeness (QED) is 0.425. The number of carbonyl (C=O) groups excluding carboxylic acids is 1. The van der Waals surface area contributed by atoms with Crippen molar-refractivity contribution in [2.75, 3.05) is 12.4 Å². The van der Waals surface area contributed by atoms with Crippen molar-refractivity contribution in [3.05, 3.63) is 47.1 Å². The summed E-state index contributed by atoms with van der Waals surface area (Å²) in [5.74, 6) is 1.69. The van der Waals surface area contributed by atoms with Crippen LogP contribution in [0.1, 0.15) is 23.7 Å². The summed E-state index contributed by atoms with van der Waals surface area (Å²) in [6, 6.07) is 5.80. The summed E-state index contributed by atoms with van der Waals surface area (Å²) >= 11 is 1.77. The van der Waals surface area contributed by atoms with Crippen LogP contribution in [0, 0.1) is 0 Å². The lowest BCUT2D eigenvalue weighted by molar-refractivity contribution is -0.124. The van der Waals surface area contributed by atoms with Gasteiger partial charge in [0.05, 0.1) is 11.0 Å². The van der Waals surface area contributed by atoms with Crippen LogP contribution in [0.25, 0.3) is 17.1 Å². The third kappa shape index (κ3) is 3.53. The third-order valence-corrected chi connectivity index (χ3v) is 4.79. The normalized spacial score (nSPS) is 17.2. The molecular weight excluding hydrogens is 326 g/mol. The van der Waals surface area contributed by atoms with Gasteiger partial charge >= 0.3 is 0 Å². The number of hydrogen-bond donors (Lipinski definition) is 3. The third-order valence-electron chi connectivity index (χ3n) is 3.89. The molecule has 3 N–H and O–H groups in total. The van der Waals surface area contributed by atoms with Crippen molar-refractivity contribution in [2.45, 2.75) is 18.9 Å². The van der Waals surface area contributed by atoms with E-state index in [2.05, 4.69) is 16.1 Å². The van der Waals surface area contributed by atoms with Gasteiger partial charge in [0.2, 0.25) is 0 Å². The highest BCUT2D eigenvalue weighted by Crippen LogP contribution is 2.31. The minimum absolute atomic E-state index is 0.144. The van der Waals surface area contributed by atoms with Gasteiger partial charge in [0, 0.05) is 30.9 Å². The molecular formula is C17H19N3O3S. The summed E-state index contributed by atoms with van der Waals surface area (Å²) in [4.78, 5) is 15.9. The van der Waals surface area contributed by atoms with Gasteiger partial charge in [-0.3, -0.25) is 10.0 Å². The van der Waals surface area contributed by atoms with E-state index < -0.39 is 5.91 Å². The number of benzene rings is 1. The highest BCUT2D eigenvalue weighted by Gasteiger charge is 2.20. The Morgan fingerprint density at radius 2 is 2.38 bits per heavy atom. The monoisotopic (exact) mass is 345 g/mol. The number of carbonyl (C=O) groups is 1. The highest BCUT2D eigenvalue weighted by molar-refractivity contribution is 8.02. The van der Waals surface area contributed by atoms with Crippen LogP contribution < -0.4 is 5.48 Å². The van der Waals surface area contributed by atoms with Gasteiger partial charge in [-0.15, -0.1) is 11.8 Å². The molecule has 1 aliphatic rings. The number of aryl methyl sites for hydroxylation is 1. The lowest BCUT2D eigenvalue weighted by atomic mass is 10.1. The Bertz CT molecular complexity index is 798. The molecule has 0 radical (unpaired) electrons. The van der Waals surface area contributed by atoms with E-state index in [9.17, 15) is 4.79 Å². The molecule has 7 heteroatoms. The van der Waals surface area contributed by atoms with Crippen LogP contribution in [-0.4, -0.2) is 38.1 Å². The number of aromatic nitrogens is 2. The van der Waals surface area contributed by atoms with Crippen molar-refractivity contribution in [2.24, 2.45) is 0 Å². The number of thioether (sulfide) groups is 1. The summed E-state index contributed by atoms with van der Waals surface area (Å²) in [5, 5.41) is 19.8. The summed E-state index contributed by atoms with van der Waals surface area (Å²) in [6.45, 7) is 0.866. The number of nitrogens with zero attached hydrogens (tertiary/aromatic N) is 2. The number of allylic oxidation sites excluding steroid dienone is 1. The number of rotatable bonds is 6. The lowest BCUT2D eigenvalue weighted by Gasteiger charge is -2.11. The molecule has 3 rings (SSSR count). The molecule has 126 valence electrons. The van der Waals surface area contributed by atoms with Crippen molar-refractivity contribution in [3.63, 3.8) is 0 Å². The van der Waals surface area contributed by atoms with Crippen molar-refractivity contribution in [1.29, 1.82) is 0 Å². The summed E-state index contributed by atoms with van der Waals surface area (Å²) in [5.41, 5.74) is 4.28. The molecule has 1 unspecified atom stereocenters. The molecule has 1 amide bonds. The maximum atomic E-state index is 11.1. The molecule has 1 aliphatic heterocycles. The van der Waals surface area contributed by atoms with E-state index in [4.69, 9.17) is 15.3 Å². The first kappa shape index (κ1) is 16.8. The minimum atomic E-state index is -0.572. The van der Waals surface area contributed by atoms with Crippen LogP contribution in [-0.2, 0) is 11.3 Å². The zero-order valence-corrected chi connectivity index (χ0v) is 13.9. The zero-order valence-electron chi connectivity index (χ0n) is 13.1. The van der Waals surface area contributed by atoms with Crippen LogP contribution in [0.4, 0.5) is 0 Å². The molecule has 6 nitrogen and oxygen atoms in total. The summed E-state index contributed by atoms with van der Waals surface area (Å²) in [7, 11) is 0. The van der Waals surface area contributed by atoms with Gasteiger partial charge in [-0.25, -0.2) is 10.5 Å². The Kier molecular flexibility index (Phi) is 5.34. The van der Waals surface area contributed by atoms with Gasteiger partial charge in [-0.2, -0.15) is 0 Å². The molecule has 0 fully saturated rings. The van der Waals surface area contributed by atoms with E-state index in [1.54, 1.807) is 23.3 Å². The van der Waals surface area contributed by atoms with E-state index >= 15 is 0 Å². The van der Waals surface area contributed by atoms with Gasteiger partial charge in [0.15, 0.2) is 0 Å². The Labute approximate surface area is 143 Å². The van der Waals surface area contributed by atoms with Crippen LogP contribution in [0.5, 0.6) is 0 Å². The maximum absolute atomic E-state index is 11.1. The number of imidazole rings is 1. The SMILES string of the molecule is O=C(/C=C/c1ccc2c(c1)nc(C1C=CSC1)n2CCCO)NO. The number of nitrogens with one attached hydrogen (secondary N) is 1. The Morgan fingerprint density at radius 3 is 3.08 bits per heavy atom. The first-order valence-corrected chi connectivity index (χ1v) is 8.79. The number of amides is 1. The van der Waals surface area contributed by atoms with Crippen LogP contribution in [0.2, 0.25) is 0 Å². The second-order valence-electron chi connectivity index (χ2n) is 5.52. The molecule has 1 aromatic carbocycles. The largest absolute Gasteiger partial charge is 0.396 e. The summed E-state index contributed by atoms with van der Waals surface area (Å²) < 4.78 is 2.17. The fourth-order valence-corrected chi connectivity index (χ4v) is 3.63. The average Bonchev–Trinajstić information content (AvgIpc) is 3.24. The van der Waals surface area contributed by atoms with E-state index in [0.717, 1.165) is 34.7 Å². The minimum Gasteiger partial charge on any atom is -0.396 e.